The number of alkyl halides is 3. The molecular weight excluding hydrogens is 508 g/mol. The van der Waals surface area contributed by atoms with E-state index in [1.807, 2.05) is 0 Å². The van der Waals surface area contributed by atoms with Crippen molar-refractivity contribution in [1.82, 2.24) is 24.9 Å². The van der Waals surface area contributed by atoms with E-state index in [0.717, 1.165) is 11.6 Å². The van der Waals surface area contributed by atoms with Gasteiger partial charge in [0.2, 0.25) is 5.91 Å². The van der Waals surface area contributed by atoms with Crippen molar-refractivity contribution in [3.63, 3.8) is 0 Å². The van der Waals surface area contributed by atoms with Crippen LogP contribution < -0.4 is 5.32 Å². The van der Waals surface area contributed by atoms with Crippen molar-refractivity contribution in [2.75, 3.05) is 5.32 Å². The van der Waals surface area contributed by atoms with E-state index < -0.39 is 23.3 Å². The highest BCUT2D eigenvalue weighted by molar-refractivity contribution is 5.91. The second-order valence-corrected chi connectivity index (χ2v) is 9.18. The molecule has 0 unspecified atom stereocenters. The quantitative estimate of drug-likeness (QED) is 0.332. The molecule has 1 aliphatic rings. The smallest absolute Gasteiger partial charge is 0.390 e. The van der Waals surface area contributed by atoms with Crippen LogP contribution in [0.25, 0.3) is 11.1 Å². The van der Waals surface area contributed by atoms with Crippen LogP contribution in [0.1, 0.15) is 41.2 Å². The van der Waals surface area contributed by atoms with Gasteiger partial charge in [0.05, 0.1) is 18.7 Å². The maximum atomic E-state index is 14.8. The number of aliphatic hydroxyl groups is 1. The van der Waals surface area contributed by atoms with Gasteiger partial charge >= 0.3 is 6.18 Å². The SMILES string of the molecule is Cn1cc(Cc2ncc(-c3ccc(CC(=O)Nc4cc(C5(C(F)(F)F)CC5)on4)c(F)c3)cn2)c(CO)n1. The van der Waals surface area contributed by atoms with Gasteiger partial charge in [-0.2, -0.15) is 18.3 Å². The van der Waals surface area contributed by atoms with Crippen molar-refractivity contribution in [3.05, 3.63) is 77.1 Å². The van der Waals surface area contributed by atoms with Gasteiger partial charge in [0.15, 0.2) is 11.6 Å². The fourth-order valence-corrected chi connectivity index (χ4v) is 4.21. The molecule has 0 saturated heterocycles. The van der Waals surface area contributed by atoms with Crippen molar-refractivity contribution in [2.45, 2.75) is 43.9 Å². The van der Waals surface area contributed by atoms with Gasteiger partial charge in [-0.05, 0) is 30.0 Å². The van der Waals surface area contributed by atoms with Gasteiger partial charge in [-0.15, -0.1) is 0 Å². The molecule has 0 radical (unpaired) electrons. The zero-order valence-electron chi connectivity index (χ0n) is 20.1. The molecule has 5 rings (SSSR count). The van der Waals surface area contributed by atoms with E-state index in [-0.39, 0.29) is 43.0 Å². The highest BCUT2D eigenvalue weighted by Crippen LogP contribution is 2.59. The summed E-state index contributed by atoms with van der Waals surface area (Å²) in [5.74, 6) is -1.30. The predicted octanol–water partition coefficient (Wildman–Crippen LogP) is 3.86. The summed E-state index contributed by atoms with van der Waals surface area (Å²) < 4.78 is 60.9. The number of aryl methyl sites for hydroxylation is 1. The van der Waals surface area contributed by atoms with E-state index in [4.69, 9.17) is 4.52 Å². The van der Waals surface area contributed by atoms with Crippen molar-refractivity contribution >= 4 is 11.7 Å². The molecule has 4 aromatic rings. The predicted molar refractivity (Wildman–Crippen MR) is 125 cm³/mol. The van der Waals surface area contributed by atoms with Gasteiger partial charge in [-0.25, -0.2) is 14.4 Å². The summed E-state index contributed by atoms with van der Waals surface area (Å²) in [5, 5.41) is 19.4. The van der Waals surface area contributed by atoms with Crippen molar-refractivity contribution < 1.29 is 32.0 Å². The Hall–Kier alpha value is -4.13. The molecule has 9 nitrogen and oxygen atoms in total. The van der Waals surface area contributed by atoms with Crippen molar-refractivity contribution in [3.8, 4) is 11.1 Å². The first-order valence-corrected chi connectivity index (χ1v) is 11.6. The summed E-state index contributed by atoms with van der Waals surface area (Å²) in [6.07, 6.45) is 0.234. The third-order valence-electron chi connectivity index (χ3n) is 6.47. The number of halogens is 4. The van der Waals surface area contributed by atoms with Crippen LogP contribution in [-0.2, 0) is 36.7 Å². The lowest BCUT2D eigenvalue weighted by molar-refractivity contribution is -0.165. The minimum absolute atomic E-state index is 0.0922. The standard InChI is InChI=1S/C25H22F4N6O3/c1-35-12-16(19(13-36)33-35)7-21-30-10-17(11-31-21)14-2-3-15(18(26)6-14)8-23(37)32-22-9-20(38-34-22)24(4-5-24)25(27,28)29/h2-3,6,9-12,36H,4-5,7-8,13H2,1H3,(H,32,34,37). The van der Waals surface area contributed by atoms with Crippen molar-refractivity contribution in [2.24, 2.45) is 7.05 Å². The van der Waals surface area contributed by atoms with Gasteiger partial charge < -0.3 is 14.9 Å². The lowest BCUT2D eigenvalue weighted by atomic mass is 10.0. The van der Waals surface area contributed by atoms with Gasteiger partial charge in [-0.1, -0.05) is 17.3 Å². The fraction of sp³-hybridized carbons (Fsp3) is 0.320. The number of aliphatic hydroxyl groups excluding tert-OH is 1. The summed E-state index contributed by atoms with van der Waals surface area (Å²) in [6, 6.07) is 5.36. The maximum Gasteiger partial charge on any atom is 0.401 e. The van der Waals surface area contributed by atoms with E-state index in [2.05, 4.69) is 25.5 Å². The summed E-state index contributed by atoms with van der Waals surface area (Å²) in [6.45, 7) is -0.198. The zero-order chi connectivity index (χ0) is 27.1. The molecule has 0 bridgehead atoms. The molecule has 1 saturated carbocycles. The maximum absolute atomic E-state index is 14.8. The second-order valence-electron chi connectivity index (χ2n) is 9.18. The number of carbonyl (C=O) groups is 1. The van der Waals surface area contributed by atoms with Gasteiger partial charge in [0.25, 0.3) is 0 Å². The van der Waals surface area contributed by atoms with E-state index in [0.29, 0.717) is 29.1 Å². The van der Waals surface area contributed by atoms with Crippen LogP contribution in [0.3, 0.4) is 0 Å². The minimum Gasteiger partial charge on any atom is -0.390 e. The third kappa shape index (κ3) is 5.01. The normalized spacial score (nSPS) is 14.5. The number of amides is 1. The number of nitrogens with one attached hydrogen (secondary N) is 1. The van der Waals surface area contributed by atoms with Crippen LogP contribution in [0.5, 0.6) is 0 Å². The van der Waals surface area contributed by atoms with Crippen LogP contribution in [0.4, 0.5) is 23.4 Å². The molecule has 1 fully saturated rings. The molecular formula is C25H22F4N6O3. The van der Waals surface area contributed by atoms with Gasteiger partial charge in [-0.3, -0.25) is 9.48 Å². The molecule has 1 aromatic carbocycles. The van der Waals surface area contributed by atoms with Gasteiger partial charge in [0, 0.05) is 49.3 Å². The number of aromatic nitrogens is 5. The number of benzene rings is 1. The number of rotatable bonds is 8. The molecule has 198 valence electrons. The molecule has 0 aliphatic heterocycles. The van der Waals surface area contributed by atoms with E-state index in [1.165, 1.54) is 12.1 Å². The number of hydrogen-bond acceptors (Lipinski definition) is 7. The Morgan fingerprint density at radius 3 is 2.53 bits per heavy atom. The fourth-order valence-electron chi connectivity index (χ4n) is 4.21. The summed E-state index contributed by atoms with van der Waals surface area (Å²) in [4.78, 5) is 21.0. The van der Waals surface area contributed by atoms with E-state index >= 15 is 0 Å². The number of nitrogens with zero attached hydrogens (tertiary/aromatic N) is 5. The molecule has 0 atom stereocenters. The Morgan fingerprint density at radius 1 is 1.16 bits per heavy atom. The highest BCUT2D eigenvalue weighted by atomic mass is 19.4. The molecule has 2 N–H and O–H groups in total. The Bertz CT molecular complexity index is 1480. The van der Waals surface area contributed by atoms with Crippen LogP contribution in [0, 0.1) is 5.82 Å². The molecule has 38 heavy (non-hydrogen) atoms. The zero-order valence-corrected chi connectivity index (χ0v) is 20.1. The number of anilines is 1. The first-order valence-electron chi connectivity index (χ1n) is 11.6. The molecule has 1 amide bonds. The average molecular weight is 530 g/mol. The first kappa shape index (κ1) is 25.5. The van der Waals surface area contributed by atoms with Crippen molar-refractivity contribution in [1.29, 1.82) is 0 Å². The molecule has 1 aliphatic carbocycles. The number of carbonyl (C=O) groups excluding carboxylic acids is 1. The van der Waals surface area contributed by atoms with E-state index in [1.54, 1.807) is 36.4 Å². The first-order chi connectivity index (χ1) is 18.1. The topological polar surface area (TPSA) is 119 Å². The lowest BCUT2D eigenvalue weighted by Gasteiger charge is -2.14. The summed E-state index contributed by atoms with van der Waals surface area (Å²) in [7, 11) is 1.75. The summed E-state index contributed by atoms with van der Waals surface area (Å²) >= 11 is 0. The molecule has 13 heteroatoms. The molecule has 0 spiro atoms. The van der Waals surface area contributed by atoms with Crippen LogP contribution in [-0.4, -0.2) is 42.1 Å². The lowest BCUT2D eigenvalue weighted by Crippen LogP contribution is -2.28. The third-order valence-corrected chi connectivity index (χ3v) is 6.47. The van der Waals surface area contributed by atoms with Crippen LogP contribution in [0.15, 0.2) is 47.4 Å². The monoisotopic (exact) mass is 530 g/mol. The largest absolute Gasteiger partial charge is 0.401 e. The van der Waals surface area contributed by atoms with E-state index in [9.17, 15) is 27.5 Å². The number of hydrogen-bond donors (Lipinski definition) is 2. The van der Waals surface area contributed by atoms with Crippen LogP contribution in [0.2, 0.25) is 0 Å². The second kappa shape index (κ2) is 9.63. The highest BCUT2D eigenvalue weighted by Gasteiger charge is 2.66. The minimum atomic E-state index is -4.47. The molecule has 3 heterocycles. The Kier molecular flexibility index (Phi) is 6.47. The van der Waals surface area contributed by atoms with Crippen LogP contribution >= 0.6 is 0 Å². The average Bonchev–Trinajstić information content (AvgIpc) is 3.45. The van der Waals surface area contributed by atoms with Gasteiger partial charge in [0.1, 0.15) is 17.1 Å². The molecule has 3 aromatic heterocycles. The Labute approximate surface area is 213 Å². The Balaban J connectivity index is 1.22. The summed E-state index contributed by atoms with van der Waals surface area (Å²) in [5.41, 5.74) is 0.442. The Morgan fingerprint density at radius 2 is 1.89 bits per heavy atom.